The average Bonchev–Trinajstić information content (AvgIpc) is 2.61. The fraction of sp³-hybridized carbons (Fsp3) is 0.0556. The van der Waals surface area contributed by atoms with E-state index in [1.54, 1.807) is 37.4 Å². The van der Waals surface area contributed by atoms with Gasteiger partial charge >= 0.3 is 0 Å². The molecule has 0 atom stereocenters. The van der Waals surface area contributed by atoms with Crippen molar-refractivity contribution in [2.75, 3.05) is 4.72 Å². The molecule has 0 fully saturated rings. The summed E-state index contributed by atoms with van der Waals surface area (Å²) < 4.78 is 27.5. The molecule has 0 aliphatic carbocycles. The summed E-state index contributed by atoms with van der Waals surface area (Å²) in [5, 5.41) is 8.80. The van der Waals surface area contributed by atoms with Gasteiger partial charge in [0.15, 0.2) is 0 Å². The van der Waals surface area contributed by atoms with Crippen molar-refractivity contribution >= 4 is 15.7 Å². The first-order chi connectivity index (χ1) is 12.0. The van der Waals surface area contributed by atoms with Gasteiger partial charge in [-0.25, -0.2) is 18.4 Å². The fourth-order valence-electron chi connectivity index (χ4n) is 2.28. The van der Waals surface area contributed by atoms with Crippen LogP contribution in [0.15, 0.2) is 65.7 Å². The van der Waals surface area contributed by atoms with Crippen LogP contribution in [0.4, 0.5) is 5.69 Å². The zero-order chi connectivity index (χ0) is 17.9. The highest BCUT2D eigenvalue weighted by Crippen LogP contribution is 2.23. The van der Waals surface area contributed by atoms with Crippen LogP contribution in [0.1, 0.15) is 11.4 Å². The van der Waals surface area contributed by atoms with Gasteiger partial charge in [-0.05, 0) is 49.4 Å². The van der Waals surface area contributed by atoms with E-state index in [0.717, 1.165) is 5.56 Å². The van der Waals surface area contributed by atoms with Gasteiger partial charge in [0.1, 0.15) is 5.82 Å². The fourth-order valence-corrected chi connectivity index (χ4v) is 3.33. The summed E-state index contributed by atoms with van der Waals surface area (Å²) in [6.45, 7) is 1.79. The summed E-state index contributed by atoms with van der Waals surface area (Å²) in [7, 11) is -3.74. The summed E-state index contributed by atoms with van der Waals surface area (Å²) in [6, 6.07) is 16.4. The number of hydrogen-bond acceptors (Lipinski definition) is 5. The van der Waals surface area contributed by atoms with E-state index >= 15 is 0 Å². The molecule has 25 heavy (non-hydrogen) atoms. The summed E-state index contributed by atoms with van der Waals surface area (Å²) in [5.74, 6) is 0.640. The van der Waals surface area contributed by atoms with Crippen molar-refractivity contribution in [3.05, 3.63) is 72.2 Å². The van der Waals surface area contributed by atoms with E-state index in [2.05, 4.69) is 14.7 Å². The minimum absolute atomic E-state index is 0.0924. The predicted molar refractivity (Wildman–Crippen MR) is 94.2 cm³/mol. The van der Waals surface area contributed by atoms with Crippen LogP contribution in [0.2, 0.25) is 0 Å². The molecule has 1 heterocycles. The number of nitrogens with one attached hydrogen (secondary N) is 1. The van der Waals surface area contributed by atoms with E-state index < -0.39 is 10.0 Å². The molecule has 0 aliphatic rings. The molecule has 3 rings (SSSR count). The highest BCUT2D eigenvalue weighted by atomic mass is 32.2. The number of nitrogens with zero attached hydrogens (tertiary/aromatic N) is 3. The first-order valence-electron chi connectivity index (χ1n) is 7.41. The molecule has 0 saturated heterocycles. The third kappa shape index (κ3) is 3.82. The Morgan fingerprint density at radius 1 is 1.08 bits per heavy atom. The second kappa shape index (κ2) is 6.71. The number of anilines is 1. The Morgan fingerprint density at radius 2 is 1.84 bits per heavy atom. The van der Waals surface area contributed by atoms with Gasteiger partial charge in [-0.3, -0.25) is 4.72 Å². The third-order valence-electron chi connectivity index (χ3n) is 3.48. The van der Waals surface area contributed by atoms with Crippen molar-refractivity contribution in [1.29, 1.82) is 5.26 Å². The molecular formula is C18H14N4O2S. The second-order valence-corrected chi connectivity index (χ2v) is 6.99. The molecule has 0 aliphatic heterocycles. The lowest BCUT2D eigenvalue weighted by Crippen LogP contribution is -2.12. The van der Waals surface area contributed by atoms with Gasteiger partial charge in [0.25, 0.3) is 10.0 Å². The number of sulfonamides is 1. The highest BCUT2D eigenvalue weighted by molar-refractivity contribution is 7.92. The number of nitriles is 1. The lowest BCUT2D eigenvalue weighted by molar-refractivity contribution is 0.601. The van der Waals surface area contributed by atoms with Crippen LogP contribution in [-0.4, -0.2) is 18.4 Å². The molecule has 0 radical (unpaired) electrons. The van der Waals surface area contributed by atoms with Crippen molar-refractivity contribution in [2.45, 2.75) is 11.8 Å². The lowest BCUT2D eigenvalue weighted by atomic mass is 10.1. The first-order valence-corrected chi connectivity index (χ1v) is 8.89. The topological polar surface area (TPSA) is 95.7 Å². The van der Waals surface area contributed by atoms with Crippen molar-refractivity contribution in [2.24, 2.45) is 0 Å². The van der Waals surface area contributed by atoms with Crippen LogP contribution in [0, 0.1) is 18.3 Å². The Bertz CT molecular complexity index is 1050. The number of rotatable bonds is 4. The summed E-state index contributed by atoms with van der Waals surface area (Å²) in [5.41, 5.74) is 2.33. The Hall–Kier alpha value is -3.24. The van der Waals surface area contributed by atoms with E-state index in [1.807, 2.05) is 12.1 Å². The summed E-state index contributed by atoms with van der Waals surface area (Å²) in [6.07, 6.45) is 1.66. The van der Waals surface area contributed by atoms with Gasteiger partial charge in [0.2, 0.25) is 0 Å². The maximum absolute atomic E-state index is 12.5. The minimum atomic E-state index is -3.74. The Kier molecular flexibility index (Phi) is 4.46. The van der Waals surface area contributed by atoms with Gasteiger partial charge in [0, 0.05) is 17.4 Å². The van der Waals surface area contributed by atoms with Gasteiger partial charge < -0.3 is 0 Å². The van der Waals surface area contributed by atoms with Crippen LogP contribution in [0.5, 0.6) is 0 Å². The standard InChI is InChI=1S/C18H14N4O2S/c1-13-20-10-9-18(21-13)15-3-2-4-16(11-15)22-25(23,24)17-7-5-14(12-19)6-8-17/h2-11,22H,1H3. The van der Waals surface area contributed by atoms with Crippen LogP contribution >= 0.6 is 0 Å². The molecule has 2 aromatic carbocycles. The lowest BCUT2D eigenvalue weighted by Gasteiger charge is -2.10. The van der Waals surface area contributed by atoms with Crippen LogP contribution in [0.3, 0.4) is 0 Å². The van der Waals surface area contributed by atoms with Gasteiger partial charge in [-0.15, -0.1) is 0 Å². The molecule has 7 heteroatoms. The number of aryl methyl sites for hydroxylation is 1. The summed E-state index contributed by atoms with van der Waals surface area (Å²) in [4.78, 5) is 8.49. The number of aromatic nitrogens is 2. The van der Waals surface area contributed by atoms with E-state index in [-0.39, 0.29) is 4.90 Å². The van der Waals surface area contributed by atoms with Crippen molar-refractivity contribution in [3.8, 4) is 17.3 Å². The quantitative estimate of drug-likeness (QED) is 0.780. The average molecular weight is 350 g/mol. The summed E-state index contributed by atoms with van der Waals surface area (Å²) >= 11 is 0. The molecule has 0 unspecified atom stereocenters. The largest absolute Gasteiger partial charge is 0.280 e. The Morgan fingerprint density at radius 3 is 2.52 bits per heavy atom. The van der Waals surface area contributed by atoms with Gasteiger partial charge in [-0.2, -0.15) is 5.26 Å². The van der Waals surface area contributed by atoms with E-state index in [4.69, 9.17) is 5.26 Å². The number of benzene rings is 2. The zero-order valence-corrected chi connectivity index (χ0v) is 14.2. The molecule has 0 bridgehead atoms. The second-order valence-electron chi connectivity index (χ2n) is 5.31. The normalized spacial score (nSPS) is 10.9. The van der Waals surface area contributed by atoms with Crippen LogP contribution in [0.25, 0.3) is 11.3 Å². The molecule has 3 aromatic rings. The molecule has 1 aromatic heterocycles. The van der Waals surface area contributed by atoms with E-state index in [1.165, 1.54) is 24.3 Å². The van der Waals surface area contributed by atoms with Crippen molar-refractivity contribution < 1.29 is 8.42 Å². The first kappa shape index (κ1) is 16.6. The number of hydrogen-bond donors (Lipinski definition) is 1. The molecule has 0 saturated carbocycles. The molecule has 0 amide bonds. The van der Waals surface area contributed by atoms with Crippen molar-refractivity contribution in [3.63, 3.8) is 0 Å². The zero-order valence-electron chi connectivity index (χ0n) is 13.3. The van der Waals surface area contributed by atoms with Gasteiger partial charge in [0.05, 0.1) is 22.2 Å². The SMILES string of the molecule is Cc1nccc(-c2cccc(NS(=O)(=O)c3ccc(C#N)cc3)c2)n1. The molecule has 124 valence electrons. The van der Waals surface area contributed by atoms with E-state index in [0.29, 0.717) is 22.8 Å². The molecule has 1 N–H and O–H groups in total. The van der Waals surface area contributed by atoms with Gasteiger partial charge in [-0.1, -0.05) is 12.1 Å². The Balaban J connectivity index is 1.90. The van der Waals surface area contributed by atoms with E-state index in [9.17, 15) is 8.42 Å². The van der Waals surface area contributed by atoms with Crippen LogP contribution in [-0.2, 0) is 10.0 Å². The predicted octanol–water partition coefficient (Wildman–Crippen LogP) is 3.12. The molecular weight excluding hydrogens is 336 g/mol. The molecule has 0 spiro atoms. The maximum atomic E-state index is 12.5. The van der Waals surface area contributed by atoms with Crippen LogP contribution < -0.4 is 4.72 Å². The highest BCUT2D eigenvalue weighted by Gasteiger charge is 2.14. The third-order valence-corrected chi connectivity index (χ3v) is 4.88. The molecule has 6 nitrogen and oxygen atoms in total. The minimum Gasteiger partial charge on any atom is -0.280 e. The van der Waals surface area contributed by atoms with Crippen molar-refractivity contribution in [1.82, 2.24) is 9.97 Å². The monoisotopic (exact) mass is 350 g/mol. The smallest absolute Gasteiger partial charge is 0.261 e. The maximum Gasteiger partial charge on any atom is 0.261 e. The Labute approximate surface area is 145 Å².